The largest absolute Gasteiger partial charge is 0.544 e. The Hall–Kier alpha value is 1.08. The van der Waals surface area contributed by atoms with E-state index in [-0.39, 0.29) is 37.7 Å². The summed E-state index contributed by atoms with van der Waals surface area (Å²) in [6.45, 7) is 1.00. The Kier molecular flexibility index (Phi) is 4.02. The Bertz CT molecular complexity index is 235. The third-order valence-corrected chi connectivity index (χ3v) is 2.79. The van der Waals surface area contributed by atoms with Crippen LogP contribution in [0.5, 0.6) is 0 Å². The molecule has 8 heteroatoms. The van der Waals surface area contributed by atoms with Gasteiger partial charge in [-0.05, 0) is 6.10 Å². The second kappa shape index (κ2) is 4.30. The number of hydrogen-bond acceptors (Lipinski definition) is 5. The SMILES string of the molecule is O=P1(O)OC2[C@@H]([CH-]O[C@@H]2CO)O1.[U]. The first-order valence-corrected chi connectivity index (χ1v) is 4.91. The molecule has 2 heterocycles. The standard InChI is InChI=1S/C5H8O6P.U/c6-1-3-5-4(2-9-3)10-12(7,8)11-5;/h2-6H,1H2,(H,7,8);/q-1;/t3-,4-,5?;/m1./s1. The van der Waals surface area contributed by atoms with Crippen LogP contribution in [-0.4, -0.2) is 34.9 Å². The van der Waals surface area contributed by atoms with Crippen molar-refractivity contribution in [1.82, 2.24) is 0 Å². The van der Waals surface area contributed by atoms with Crippen molar-refractivity contribution in [3.05, 3.63) is 6.61 Å². The van der Waals surface area contributed by atoms with Gasteiger partial charge in [-0.3, -0.25) is 4.52 Å². The minimum atomic E-state index is -3.89. The van der Waals surface area contributed by atoms with Crippen LogP contribution < -0.4 is 0 Å². The molecule has 0 radical (unpaired) electrons. The molecule has 0 spiro atoms. The molecule has 74 valence electrons. The van der Waals surface area contributed by atoms with Gasteiger partial charge in [0.05, 0.1) is 18.8 Å². The summed E-state index contributed by atoms with van der Waals surface area (Å²) in [6, 6.07) is 0. The van der Waals surface area contributed by atoms with Crippen molar-refractivity contribution < 1.29 is 59.5 Å². The van der Waals surface area contributed by atoms with Crippen LogP contribution in [0.1, 0.15) is 0 Å². The number of fused-ring (bicyclic) bond motifs is 1. The van der Waals surface area contributed by atoms with E-state index in [0.29, 0.717) is 0 Å². The topological polar surface area (TPSA) is 85.2 Å². The van der Waals surface area contributed by atoms with Gasteiger partial charge in [-0.15, -0.1) is 0 Å². The first-order chi connectivity index (χ1) is 5.62. The van der Waals surface area contributed by atoms with Crippen LogP contribution in [-0.2, 0) is 18.3 Å². The molecule has 0 aliphatic carbocycles. The summed E-state index contributed by atoms with van der Waals surface area (Å²) in [6.07, 6.45) is -1.90. The van der Waals surface area contributed by atoms with Crippen LogP contribution in [0.4, 0.5) is 0 Å². The summed E-state index contributed by atoms with van der Waals surface area (Å²) in [4.78, 5) is 8.87. The van der Waals surface area contributed by atoms with Crippen molar-refractivity contribution >= 4 is 7.82 Å². The molecule has 13 heavy (non-hydrogen) atoms. The average molecular weight is 433 g/mol. The molecule has 0 bridgehead atoms. The molecule has 0 aromatic rings. The van der Waals surface area contributed by atoms with Crippen molar-refractivity contribution in [3.8, 4) is 0 Å². The van der Waals surface area contributed by atoms with Crippen molar-refractivity contribution in [2.24, 2.45) is 0 Å². The molecule has 2 unspecified atom stereocenters. The Morgan fingerprint density at radius 1 is 1.46 bits per heavy atom. The van der Waals surface area contributed by atoms with E-state index < -0.39 is 26.1 Å². The minimum absolute atomic E-state index is 0. The molecule has 2 aliphatic heterocycles. The summed E-state index contributed by atoms with van der Waals surface area (Å²) in [5, 5.41) is 8.73. The van der Waals surface area contributed by atoms with E-state index in [4.69, 9.17) is 14.7 Å². The monoisotopic (exact) mass is 433 g/mol. The Morgan fingerprint density at radius 2 is 2.15 bits per heavy atom. The van der Waals surface area contributed by atoms with Crippen LogP contribution in [0.15, 0.2) is 0 Å². The van der Waals surface area contributed by atoms with Crippen molar-refractivity contribution in [2.45, 2.75) is 18.3 Å². The maximum atomic E-state index is 10.8. The number of phosphoric acid groups is 1. The van der Waals surface area contributed by atoms with E-state index in [1.54, 1.807) is 0 Å². The van der Waals surface area contributed by atoms with Crippen molar-refractivity contribution in [1.29, 1.82) is 0 Å². The fourth-order valence-electron chi connectivity index (χ4n) is 1.24. The van der Waals surface area contributed by atoms with Crippen LogP contribution in [0.25, 0.3) is 0 Å². The second-order valence-corrected chi connectivity index (χ2v) is 3.96. The van der Waals surface area contributed by atoms with Crippen molar-refractivity contribution in [3.63, 3.8) is 0 Å². The Morgan fingerprint density at radius 3 is 2.77 bits per heavy atom. The number of aliphatic hydroxyl groups excluding tert-OH is 1. The van der Waals surface area contributed by atoms with Gasteiger partial charge >= 0.3 is 7.82 Å². The maximum Gasteiger partial charge on any atom is 0.470 e. The Labute approximate surface area is 98.5 Å². The maximum absolute atomic E-state index is 10.8. The molecule has 0 amide bonds. The summed E-state index contributed by atoms with van der Waals surface area (Å²) in [5.41, 5.74) is 0. The molecule has 2 N–H and O–H groups in total. The number of phosphoric ester groups is 1. The molecule has 4 atom stereocenters. The normalized spacial score (nSPS) is 48.6. The predicted octanol–water partition coefficient (Wildman–Crippen LogP) is -0.576. The molecule has 0 saturated carbocycles. The van der Waals surface area contributed by atoms with E-state index in [1.807, 2.05) is 0 Å². The van der Waals surface area contributed by atoms with Gasteiger partial charge in [-0.2, -0.15) is 6.61 Å². The quantitative estimate of drug-likeness (QED) is 0.426. The Balaban J connectivity index is 0.000000845. The van der Waals surface area contributed by atoms with Crippen LogP contribution in [0, 0.1) is 37.7 Å². The summed E-state index contributed by atoms with van der Waals surface area (Å²) in [7, 11) is -3.89. The zero-order valence-corrected chi connectivity index (χ0v) is 11.5. The van der Waals surface area contributed by atoms with Gasteiger partial charge in [0.2, 0.25) is 0 Å². The van der Waals surface area contributed by atoms with Gasteiger partial charge in [-0.25, -0.2) is 4.57 Å². The molecule has 2 aliphatic rings. The fraction of sp³-hybridized carbons (Fsp3) is 0.800. The number of hydrogen-bond donors (Lipinski definition) is 2. The van der Waals surface area contributed by atoms with Crippen LogP contribution in [0.2, 0.25) is 0 Å². The van der Waals surface area contributed by atoms with Gasteiger partial charge in [-0.1, -0.05) is 0 Å². The van der Waals surface area contributed by atoms with Gasteiger partial charge in [0.25, 0.3) is 0 Å². The molecule has 6 nitrogen and oxygen atoms in total. The molecular weight excluding hydrogens is 425 g/mol. The first kappa shape index (κ1) is 12.2. The summed E-state index contributed by atoms with van der Waals surface area (Å²) in [5.74, 6) is 0. The number of rotatable bonds is 1. The van der Waals surface area contributed by atoms with Gasteiger partial charge < -0.3 is 19.3 Å². The zero-order valence-electron chi connectivity index (χ0n) is 6.49. The van der Waals surface area contributed by atoms with Gasteiger partial charge in [0, 0.05) is 31.1 Å². The van der Waals surface area contributed by atoms with Crippen LogP contribution >= 0.6 is 7.82 Å². The summed E-state index contributed by atoms with van der Waals surface area (Å²) >= 11 is 0. The summed E-state index contributed by atoms with van der Waals surface area (Å²) < 4.78 is 25.0. The van der Waals surface area contributed by atoms with E-state index in [1.165, 1.54) is 6.61 Å². The van der Waals surface area contributed by atoms with E-state index >= 15 is 0 Å². The van der Waals surface area contributed by atoms with E-state index in [2.05, 4.69) is 9.05 Å². The van der Waals surface area contributed by atoms with E-state index in [9.17, 15) is 4.57 Å². The average Bonchev–Trinajstić information content (AvgIpc) is 2.42. The molecule has 0 aromatic heterocycles. The molecule has 2 saturated heterocycles. The molecule has 0 aromatic carbocycles. The smallest absolute Gasteiger partial charge is 0.470 e. The predicted molar refractivity (Wildman–Crippen MR) is 35.8 cm³/mol. The van der Waals surface area contributed by atoms with Crippen molar-refractivity contribution in [2.75, 3.05) is 6.61 Å². The van der Waals surface area contributed by atoms with E-state index in [0.717, 1.165) is 0 Å². The molecule has 2 fully saturated rings. The fourth-order valence-corrected chi connectivity index (χ4v) is 2.33. The molecule has 2 rings (SSSR count). The number of aliphatic hydroxyl groups is 1. The minimum Gasteiger partial charge on any atom is -0.544 e. The van der Waals surface area contributed by atoms with Gasteiger partial charge in [0.1, 0.15) is 0 Å². The molecular formula is C5H8O6PU-. The zero-order chi connectivity index (χ0) is 8.77. The first-order valence-electron chi connectivity index (χ1n) is 3.42. The van der Waals surface area contributed by atoms with Crippen LogP contribution in [0.3, 0.4) is 0 Å². The van der Waals surface area contributed by atoms with Gasteiger partial charge in [0.15, 0.2) is 0 Å². The number of ether oxygens (including phenoxy) is 1. The third kappa shape index (κ3) is 2.36. The second-order valence-electron chi connectivity index (χ2n) is 2.60. The third-order valence-electron chi connectivity index (χ3n) is 1.77.